The summed E-state index contributed by atoms with van der Waals surface area (Å²) in [6.07, 6.45) is 1.40. The molecule has 0 aromatic heterocycles. The first-order chi connectivity index (χ1) is 12.2. The second-order valence-electron chi connectivity index (χ2n) is 5.95. The van der Waals surface area contributed by atoms with Gasteiger partial charge in [-0.1, -0.05) is 60.7 Å². The minimum atomic E-state index is -0.248. The number of hydrogen-bond donors (Lipinski definition) is 1. The molecule has 3 aromatic rings. The molecule has 25 heavy (non-hydrogen) atoms. The lowest BCUT2D eigenvalue weighted by Crippen LogP contribution is -2.26. The van der Waals surface area contributed by atoms with E-state index in [1.165, 1.54) is 17.7 Å². The Hall–Kier alpha value is -2.94. The number of hydrogen-bond acceptors (Lipinski definition) is 1. The molecular formula is C22H20FNO. The van der Waals surface area contributed by atoms with Gasteiger partial charge < -0.3 is 5.32 Å². The Bertz CT molecular complexity index is 828. The summed E-state index contributed by atoms with van der Waals surface area (Å²) in [7, 11) is 0. The quantitative estimate of drug-likeness (QED) is 0.712. The summed E-state index contributed by atoms with van der Waals surface area (Å²) in [6, 6.07) is 24.1. The topological polar surface area (TPSA) is 29.1 Å². The first-order valence-corrected chi connectivity index (χ1v) is 8.37. The van der Waals surface area contributed by atoms with Crippen LogP contribution in [0.4, 0.5) is 4.39 Å². The fraction of sp³-hybridized carbons (Fsp3) is 0.136. The van der Waals surface area contributed by atoms with E-state index in [1.807, 2.05) is 42.5 Å². The van der Waals surface area contributed by atoms with Crippen molar-refractivity contribution in [2.45, 2.75) is 12.8 Å². The molecule has 3 rings (SSSR count). The molecule has 3 aromatic carbocycles. The molecule has 0 bridgehead atoms. The molecule has 0 atom stereocenters. The number of rotatable bonds is 6. The van der Waals surface area contributed by atoms with E-state index in [2.05, 4.69) is 17.4 Å². The highest BCUT2D eigenvalue weighted by molar-refractivity contribution is 5.95. The maximum atomic E-state index is 12.9. The van der Waals surface area contributed by atoms with Gasteiger partial charge in [0.25, 0.3) is 5.91 Å². The third-order valence-corrected chi connectivity index (χ3v) is 4.11. The van der Waals surface area contributed by atoms with Gasteiger partial charge >= 0.3 is 0 Å². The lowest BCUT2D eigenvalue weighted by atomic mass is 9.99. The Morgan fingerprint density at radius 3 is 2.24 bits per heavy atom. The van der Waals surface area contributed by atoms with Crippen molar-refractivity contribution in [3.8, 4) is 0 Å². The number of halogens is 1. The van der Waals surface area contributed by atoms with Crippen LogP contribution in [-0.2, 0) is 12.8 Å². The second-order valence-corrected chi connectivity index (χ2v) is 5.95. The van der Waals surface area contributed by atoms with Gasteiger partial charge in [-0.15, -0.1) is 0 Å². The minimum Gasteiger partial charge on any atom is -0.352 e. The Labute approximate surface area is 147 Å². The average molecular weight is 333 g/mol. The molecule has 0 fully saturated rings. The predicted octanol–water partition coefficient (Wildman–Crippen LogP) is 4.39. The van der Waals surface area contributed by atoms with Crippen molar-refractivity contribution >= 4 is 5.91 Å². The summed E-state index contributed by atoms with van der Waals surface area (Å²) in [4.78, 5) is 12.5. The maximum Gasteiger partial charge on any atom is 0.251 e. The van der Waals surface area contributed by atoms with Gasteiger partial charge in [-0.2, -0.15) is 0 Å². The van der Waals surface area contributed by atoms with Crippen molar-refractivity contribution in [3.05, 3.63) is 107 Å². The fourth-order valence-corrected chi connectivity index (χ4v) is 2.78. The van der Waals surface area contributed by atoms with Crippen LogP contribution in [0.1, 0.15) is 27.0 Å². The van der Waals surface area contributed by atoms with Crippen LogP contribution in [-0.4, -0.2) is 12.5 Å². The normalized spacial score (nSPS) is 10.4. The molecule has 0 heterocycles. The van der Waals surface area contributed by atoms with Crippen molar-refractivity contribution in [1.29, 1.82) is 0 Å². The van der Waals surface area contributed by atoms with E-state index in [4.69, 9.17) is 0 Å². The molecule has 0 saturated heterocycles. The summed E-state index contributed by atoms with van der Waals surface area (Å²) in [5.41, 5.74) is 3.88. The van der Waals surface area contributed by atoms with Crippen LogP contribution in [0.3, 0.4) is 0 Å². The summed E-state index contributed by atoms with van der Waals surface area (Å²) < 4.78 is 12.9. The van der Waals surface area contributed by atoms with E-state index in [9.17, 15) is 9.18 Å². The summed E-state index contributed by atoms with van der Waals surface area (Å²) in [5.74, 6) is -0.323. The van der Waals surface area contributed by atoms with Gasteiger partial charge in [0.2, 0.25) is 0 Å². The smallest absolute Gasteiger partial charge is 0.251 e. The molecule has 1 N–H and O–H groups in total. The van der Waals surface area contributed by atoms with Crippen LogP contribution in [0.25, 0.3) is 0 Å². The monoisotopic (exact) mass is 333 g/mol. The molecule has 0 saturated carbocycles. The van der Waals surface area contributed by atoms with Crippen LogP contribution in [0.15, 0.2) is 78.9 Å². The van der Waals surface area contributed by atoms with Crippen molar-refractivity contribution in [1.82, 2.24) is 5.32 Å². The molecule has 0 unspecified atom stereocenters. The first-order valence-electron chi connectivity index (χ1n) is 8.37. The second kappa shape index (κ2) is 8.25. The number of amides is 1. The van der Waals surface area contributed by atoms with Crippen molar-refractivity contribution in [3.63, 3.8) is 0 Å². The van der Waals surface area contributed by atoms with Gasteiger partial charge in [-0.25, -0.2) is 4.39 Å². The number of carbonyl (C=O) groups is 1. The first kappa shape index (κ1) is 16.9. The van der Waals surface area contributed by atoms with Gasteiger partial charge in [-0.05, 0) is 47.7 Å². The van der Waals surface area contributed by atoms with E-state index in [1.54, 1.807) is 12.1 Å². The molecule has 0 aliphatic heterocycles. The lowest BCUT2D eigenvalue weighted by molar-refractivity contribution is 0.0953. The SMILES string of the molecule is O=C(NCCc1ccc(F)cc1)c1ccccc1Cc1ccccc1. The van der Waals surface area contributed by atoms with Crippen molar-refractivity contribution in [2.24, 2.45) is 0 Å². The van der Waals surface area contributed by atoms with E-state index in [0.717, 1.165) is 17.5 Å². The highest BCUT2D eigenvalue weighted by Crippen LogP contribution is 2.14. The number of benzene rings is 3. The largest absolute Gasteiger partial charge is 0.352 e. The van der Waals surface area contributed by atoms with Crippen LogP contribution in [0.2, 0.25) is 0 Å². The third-order valence-electron chi connectivity index (χ3n) is 4.11. The molecule has 0 aliphatic rings. The summed E-state index contributed by atoms with van der Waals surface area (Å²) >= 11 is 0. The molecule has 126 valence electrons. The van der Waals surface area contributed by atoms with E-state index in [0.29, 0.717) is 18.5 Å². The minimum absolute atomic E-state index is 0.0753. The van der Waals surface area contributed by atoms with Crippen LogP contribution >= 0.6 is 0 Å². The molecule has 2 nitrogen and oxygen atoms in total. The Morgan fingerprint density at radius 1 is 0.800 bits per heavy atom. The maximum absolute atomic E-state index is 12.9. The Balaban J connectivity index is 1.63. The molecule has 0 spiro atoms. The summed E-state index contributed by atoms with van der Waals surface area (Å²) in [6.45, 7) is 0.518. The third kappa shape index (κ3) is 4.77. The Morgan fingerprint density at radius 2 is 1.48 bits per heavy atom. The van der Waals surface area contributed by atoms with Crippen molar-refractivity contribution in [2.75, 3.05) is 6.54 Å². The zero-order valence-electron chi connectivity index (χ0n) is 13.9. The Kier molecular flexibility index (Phi) is 5.57. The molecule has 0 aliphatic carbocycles. The van der Waals surface area contributed by atoms with Gasteiger partial charge in [0.15, 0.2) is 0 Å². The van der Waals surface area contributed by atoms with E-state index in [-0.39, 0.29) is 11.7 Å². The molecule has 3 heteroatoms. The molecular weight excluding hydrogens is 313 g/mol. The fourth-order valence-electron chi connectivity index (χ4n) is 2.78. The lowest BCUT2D eigenvalue weighted by Gasteiger charge is -2.10. The zero-order valence-corrected chi connectivity index (χ0v) is 13.9. The zero-order chi connectivity index (χ0) is 17.5. The van der Waals surface area contributed by atoms with Gasteiger partial charge in [0, 0.05) is 12.1 Å². The van der Waals surface area contributed by atoms with Crippen LogP contribution in [0.5, 0.6) is 0 Å². The average Bonchev–Trinajstić information content (AvgIpc) is 2.64. The van der Waals surface area contributed by atoms with Gasteiger partial charge in [-0.3, -0.25) is 4.79 Å². The highest BCUT2D eigenvalue weighted by Gasteiger charge is 2.10. The number of nitrogens with one attached hydrogen (secondary N) is 1. The highest BCUT2D eigenvalue weighted by atomic mass is 19.1. The van der Waals surface area contributed by atoms with Gasteiger partial charge in [0.05, 0.1) is 0 Å². The number of carbonyl (C=O) groups excluding carboxylic acids is 1. The van der Waals surface area contributed by atoms with Crippen LogP contribution < -0.4 is 5.32 Å². The van der Waals surface area contributed by atoms with E-state index >= 15 is 0 Å². The summed E-state index contributed by atoms with van der Waals surface area (Å²) in [5, 5.41) is 2.96. The van der Waals surface area contributed by atoms with Crippen LogP contribution in [0, 0.1) is 5.82 Å². The molecule has 0 radical (unpaired) electrons. The predicted molar refractivity (Wildman–Crippen MR) is 98.1 cm³/mol. The molecule has 1 amide bonds. The van der Waals surface area contributed by atoms with E-state index < -0.39 is 0 Å². The van der Waals surface area contributed by atoms with Gasteiger partial charge in [0.1, 0.15) is 5.82 Å². The standard InChI is InChI=1S/C22H20FNO/c23-20-12-10-17(11-13-20)14-15-24-22(25)21-9-5-4-8-19(21)16-18-6-2-1-3-7-18/h1-13H,14-16H2,(H,24,25). The van der Waals surface area contributed by atoms with Crippen molar-refractivity contribution < 1.29 is 9.18 Å².